The number of hydrogen-bond acceptors (Lipinski definition) is 4. The molecule has 0 aromatic heterocycles. The first-order valence-corrected chi connectivity index (χ1v) is 7.56. The molecule has 1 aromatic rings. The highest BCUT2D eigenvalue weighted by Gasteiger charge is 2.24. The third-order valence-corrected chi connectivity index (χ3v) is 4.27. The van der Waals surface area contributed by atoms with E-state index in [-0.39, 0.29) is 11.3 Å². The molecular weight excluding hydrogens is 280 g/mol. The first-order chi connectivity index (χ1) is 9.31. The normalized spacial score (nSPS) is 12.7. The summed E-state index contributed by atoms with van der Waals surface area (Å²) in [5, 5.41) is 17.8. The van der Waals surface area contributed by atoms with E-state index in [2.05, 4.69) is 4.72 Å². The van der Waals surface area contributed by atoms with E-state index in [1.807, 2.05) is 6.07 Å². The Balaban J connectivity index is 3.08. The van der Waals surface area contributed by atoms with Crippen molar-refractivity contribution in [3.8, 4) is 6.07 Å². The average molecular weight is 296 g/mol. The van der Waals surface area contributed by atoms with Gasteiger partial charge in [-0.15, -0.1) is 0 Å². The lowest BCUT2D eigenvalue weighted by Gasteiger charge is -2.14. The Hall–Kier alpha value is -1.91. The highest BCUT2D eigenvalue weighted by Crippen LogP contribution is 2.15. The van der Waals surface area contributed by atoms with Crippen LogP contribution in [0.4, 0.5) is 0 Å². The Bertz CT molecular complexity index is 647. The molecular formula is C13H16N2O4S. The van der Waals surface area contributed by atoms with Gasteiger partial charge >= 0.3 is 5.97 Å². The number of hydrogen-bond donors (Lipinski definition) is 2. The van der Waals surface area contributed by atoms with Crippen LogP contribution in [0.25, 0.3) is 0 Å². The zero-order chi connectivity index (χ0) is 15.3. The minimum Gasteiger partial charge on any atom is -0.480 e. The Kier molecular flexibility index (Phi) is 5.25. The second-order valence-electron chi connectivity index (χ2n) is 4.39. The van der Waals surface area contributed by atoms with Gasteiger partial charge in [0.1, 0.15) is 6.04 Å². The summed E-state index contributed by atoms with van der Waals surface area (Å²) in [7, 11) is -3.91. The van der Waals surface area contributed by atoms with Gasteiger partial charge in [0.05, 0.1) is 16.5 Å². The van der Waals surface area contributed by atoms with Gasteiger partial charge in [-0.3, -0.25) is 4.79 Å². The number of carbonyl (C=O) groups is 1. The summed E-state index contributed by atoms with van der Waals surface area (Å²) in [5.74, 6) is -1.21. The average Bonchev–Trinajstić information content (AvgIpc) is 2.37. The largest absolute Gasteiger partial charge is 0.480 e. The molecule has 108 valence electrons. The topological polar surface area (TPSA) is 107 Å². The van der Waals surface area contributed by atoms with E-state index in [0.717, 1.165) is 0 Å². The highest BCUT2D eigenvalue weighted by molar-refractivity contribution is 7.89. The van der Waals surface area contributed by atoms with E-state index in [0.29, 0.717) is 17.5 Å². The zero-order valence-corrected chi connectivity index (χ0v) is 12.1. The van der Waals surface area contributed by atoms with Gasteiger partial charge < -0.3 is 5.11 Å². The van der Waals surface area contributed by atoms with Gasteiger partial charge in [0, 0.05) is 0 Å². The van der Waals surface area contributed by atoms with Crippen LogP contribution in [0.3, 0.4) is 0 Å². The van der Waals surface area contributed by atoms with Crippen molar-refractivity contribution in [2.45, 2.75) is 37.6 Å². The molecule has 6 nitrogen and oxygen atoms in total. The van der Waals surface area contributed by atoms with E-state index >= 15 is 0 Å². The number of sulfonamides is 1. The van der Waals surface area contributed by atoms with Gasteiger partial charge in [-0.1, -0.05) is 13.3 Å². The van der Waals surface area contributed by atoms with Crippen LogP contribution in [0.15, 0.2) is 23.1 Å². The number of carboxylic acid groups (broad SMARTS) is 1. The lowest BCUT2D eigenvalue weighted by Crippen LogP contribution is -2.40. The van der Waals surface area contributed by atoms with Crippen molar-refractivity contribution < 1.29 is 18.3 Å². The van der Waals surface area contributed by atoms with E-state index in [1.54, 1.807) is 13.8 Å². The Labute approximate surface area is 118 Å². The van der Waals surface area contributed by atoms with Crippen molar-refractivity contribution >= 4 is 16.0 Å². The van der Waals surface area contributed by atoms with Crippen LogP contribution in [0.2, 0.25) is 0 Å². The Morgan fingerprint density at radius 3 is 2.60 bits per heavy atom. The molecule has 0 radical (unpaired) electrons. The molecule has 1 unspecified atom stereocenters. The van der Waals surface area contributed by atoms with Crippen LogP contribution in [-0.4, -0.2) is 25.5 Å². The number of rotatable bonds is 6. The number of carboxylic acids is 1. The Morgan fingerprint density at radius 2 is 2.15 bits per heavy atom. The number of nitriles is 1. The van der Waals surface area contributed by atoms with Crippen LogP contribution in [0, 0.1) is 18.3 Å². The molecule has 0 aliphatic heterocycles. The first kappa shape index (κ1) is 16.1. The fourth-order valence-electron chi connectivity index (χ4n) is 1.71. The number of nitrogens with one attached hydrogen (secondary N) is 1. The van der Waals surface area contributed by atoms with E-state index in [1.165, 1.54) is 18.2 Å². The number of aryl methyl sites for hydroxylation is 1. The van der Waals surface area contributed by atoms with Gasteiger partial charge in [-0.05, 0) is 37.1 Å². The summed E-state index contributed by atoms with van der Waals surface area (Å²) in [6.07, 6.45) is 0.760. The molecule has 0 spiro atoms. The van der Waals surface area contributed by atoms with Crippen molar-refractivity contribution in [3.63, 3.8) is 0 Å². The molecule has 0 aliphatic carbocycles. The molecule has 7 heteroatoms. The summed E-state index contributed by atoms with van der Waals surface area (Å²) in [4.78, 5) is 11.0. The predicted octanol–water partition coefficient (Wildman–Crippen LogP) is 1.40. The van der Waals surface area contributed by atoms with Crippen molar-refractivity contribution in [2.24, 2.45) is 0 Å². The molecule has 20 heavy (non-hydrogen) atoms. The van der Waals surface area contributed by atoms with Crippen LogP contribution < -0.4 is 4.72 Å². The van der Waals surface area contributed by atoms with Crippen molar-refractivity contribution in [2.75, 3.05) is 0 Å². The third-order valence-electron chi connectivity index (χ3n) is 2.80. The minimum absolute atomic E-state index is 0.0450. The molecule has 1 atom stereocenters. The number of nitrogens with zero attached hydrogens (tertiary/aromatic N) is 1. The van der Waals surface area contributed by atoms with Gasteiger partial charge in [0.15, 0.2) is 0 Å². The molecule has 1 rings (SSSR count). The fraction of sp³-hybridized carbons (Fsp3) is 0.385. The summed E-state index contributed by atoms with van der Waals surface area (Å²) >= 11 is 0. The maximum Gasteiger partial charge on any atom is 0.321 e. The molecule has 0 bridgehead atoms. The lowest BCUT2D eigenvalue weighted by molar-refractivity contribution is -0.139. The lowest BCUT2D eigenvalue weighted by atomic mass is 10.1. The molecule has 2 N–H and O–H groups in total. The number of aliphatic carboxylic acids is 1. The second-order valence-corrected chi connectivity index (χ2v) is 6.10. The minimum atomic E-state index is -3.91. The predicted molar refractivity (Wildman–Crippen MR) is 72.5 cm³/mol. The van der Waals surface area contributed by atoms with E-state index in [9.17, 15) is 13.2 Å². The van der Waals surface area contributed by atoms with Crippen LogP contribution >= 0.6 is 0 Å². The van der Waals surface area contributed by atoms with Crippen molar-refractivity contribution in [1.29, 1.82) is 5.26 Å². The standard InChI is InChI=1S/C13H16N2O4S/c1-3-4-12(13(16)17)15-20(18,19)11-6-5-10(8-14)9(2)7-11/h5-7,12,15H,3-4H2,1-2H3,(H,16,17). The molecule has 0 amide bonds. The molecule has 0 heterocycles. The molecule has 0 aliphatic rings. The van der Waals surface area contributed by atoms with E-state index in [4.69, 9.17) is 10.4 Å². The zero-order valence-electron chi connectivity index (χ0n) is 11.3. The van der Waals surface area contributed by atoms with Crippen LogP contribution in [0.1, 0.15) is 30.9 Å². The van der Waals surface area contributed by atoms with Crippen LogP contribution in [-0.2, 0) is 14.8 Å². The van der Waals surface area contributed by atoms with Gasteiger partial charge in [0.25, 0.3) is 0 Å². The fourth-order valence-corrected chi connectivity index (χ4v) is 3.01. The molecule has 1 aromatic carbocycles. The third kappa shape index (κ3) is 3.79. The second kappa shape index (κ2) is 6.50. The first-order valence-electron chi connectivity index (χ1n) is 6.07. The van der Waals surface area contributed by atoms with Gasteiger partial charge in [0.2, 0.25) is 10.0 Å². The number of benzene rings is 1. The summed E-state index contributed by atoms with van der Waals surface area (Å²) in [5.41, 5.74) is 0.907. The maximum absolute atomic E-state index is 12.1. The van der Waals surface area contributed by atoms with Gasteiger partial charge in [-0.25, -0.2) is 8.42 Å². The molecule has 0 fully saturated rings. The van der Waals surface area contributed by atoms with E-state index < -0.39 is 22.0 Å². The van der Waals surface area contributed by atoms with Crippen molar-refractivity contribution in [1.82, 2.24) is 4.72 Å². The van der Waals surface area contributed by atoms with Crippen molar-refractivity contribution in [3.05, 3.63) is 29.3 Å². The molecule has 0 saturated heterocycles. The SMILES string of the molecule is CCCC(NS(=O)(=O)c1ccc(C#N)c(C)c1)C(=O)O. The maximum atomic E-state index is 12.1. The molecule has 0 saturated carbocycles. The quantitative estimate of drug-likeness (QED) is 0.825. The summed E-state index contributed by atoms with van der Waals surface area (Å²) in [6.45, 7) is 3.40. The van der Waals surface area contributed by atoms with Crippen LogP contribution in [0.5, 0.6) is 0 Å². The van der Waals surface area contributed by atoms with Gasteiger partial charge in [-0.2, -0.15) is 9.98 Å². The summed E-state index contributed by atoms with van der Waals surface area (Å²) in [6, 6.07) is 4.84. The monoisotopic (exact) mass is 296 g/mol. The highest BCUT2D eigenvalue weighted by atomic mass is 32.2. The smallest absolute Gasteiger partial charge is 0.321 e. The summed E-state index contributed by atoms with van der Waals surface area (Å²) < 4.78 is 26.4. The Morgan fingerprint density at radius 1 is 1.50 bits per heavy atom.